The van der Waals surface area contributed by atoms with Crippen molar-refractivity contribution >= 4 is 5.78 Å². The number of pyridine rings is 1. The summed E-state index contributed by atoms with van der Waals surface area (Å²) in [6, 6.07) is 2.65. The Morgan fingerprint density at radius 3 is 2.93 bits per heavy atom. The maximum atomic E-state index is 12.5. The summed E-state index contributed by atoms with van der Waals surface area (Å²) in [5.74, 6) is -0.473. The fourth-order valence-corrected chi connectivity index (χ4v) is 1.08. The van der Waals surface area contributed by atoms with E-state index in [2.05, 4.69) is 11.6 Å². The molecule has 0 spiro atoms. The van der Waals surface area contributed by atoms with Crippen molar-refractivity contribution in [2.24, 2.45) is 0 Å². The lowest BCUT2D eigenvalue weighted by atomic mass is 10.1. The highest BCUT2D eigenvalue weighted by Gasteiger charge is 2.05. The van der Waals surface area contributed by atoms with Crippen LogP contribution < -0.4 is 0 Å². The minimum absolute atomic E-state index is 0.0492. The van der Waals surface area contributed by atoms with E-state index >= 15 is 0 Å². The van der Waals surface area contributed by atoms with E-state index in [4.69, 9.17) is 0 Å². The Hall–Kier alpha value is -1.51. The monoisotopic (exact) mass is 193 g/mol. The van der Waals surface area contributed by atoms with Gasteiger partial charge in [-0.25, -0.2) is 4.39 Å². The molecule has 0 bridgehead atoms. The van der Waals surface area contributed by atoms with Gasteiger partial charge in [0.05, 0.1) is 6.20 Å². The second-order valence-corrected chi connectivity index (χ2v) is 2.97. The third kappa shape index (κ3) is 3.09. The second kappa shape index (κ2) is 5.27. The largest absolute Gasteiger partial charge is 0.292 e. The van der Waals surface area contributed by atoms with Crippen molar-refractivity contribution in [3.63, 3.8) is 0 Å². The van der Waals surface area contributed by atoms with Gasteiger partial charge in [-0.3, -0.25) is 9.78 Å². The number of hydrogen-bond acceptors (Lipinski definition) is 2. The molecule has 0 saturated carbocycles. The average Bonchev–Trinajstić information content (AvgIpc) is 2.19. The first-order valence-corrected chi connectivity index (χ1v) is 4.49. The number of hydrogen-bond donors (Lipinski definition) is 0. The van der Waals surface area contributed by atoms with E-state index in [9.17, 15) is 9.18 Å². The van der Waals surface area contributed by atoms with Gasteiger partial charge >= 0.3 is 0 Å². The predicted molar refractivity (Wildman–Crippen MR) is 52.6 cm³/mol. The van der Waals surface area contributed by atoms with Gasteiger partial charge in [0, 0.05) is 6.42 Å². The number of carbonyl (C=O) groups is 1. The van der Waals surface area contributed by atoms with Gasteiger partial charge < -0.3 is 0 Å². The molecule has 1 heterocycles. The average molecular weight is 193 g/mol. The molecule has 0 atom stereocenters. The summed E-state index contributed by atoms with van der Waals surface area (Å²) in [6.45, 7) is 3.57. The maximum absolute atomic E-state index is 12.5. The number of carbonyl (C=O) groups excluding carboxylic acids is 1. The highest BCUT2D eigenvalue weighted by Crippen LogP contribution is 2.05. The van der Waals surface area contributed by atoms with Crippen LogP contribution >= 0.6 is 0 Å². The Balaban J connectivity index is 2.52. The fraction of sp³-hybridized carbons (Fsp3) is 0.273. The fourth-order valence-electron chi connectivity index (χ4n) is 1.08. The van der Waals surface area contributed by atoms with Crippen LogP contribution in [0.15, 0.2) is 31.0 Å². The number of rotatable bonds is 5. The third-order valence-corrected chi connectivity index (χ3v) is 1.83. The van der Waals surface area contributed by atoms with E-state index < -0.39 is 5.82 Å². The van der Waals surface area contributed by atoms with Crippen LogP contribution in [0.3, 0.4) is 0 Å². The smallest absolute Gasteiger partial charge is 0.181 e. The SMILES string of the molecule is C=CCCCC(=O)c1ccc(F)cn1. The third-order valence-electron chi connectivity index (χ3n) is 1.83. The topological polar surface area (TPSA) is 30.0 Å². The van der Waals surface area contributed by atoms with Gasteiger partial charge in [0.2, 0.25) is 0 Å². The number of nitrogens with zero attached hydrogens (tertiary/aromatic N) is 1. The lowest BCUT2D eigenvalue weighted by Crippen LogP contribution is -2.01. The number of ketones is 1. The van der Waals surface area contributed by atoms with E-state index in [0.29, 0.717) is 12.1 Å². The molecule has 0 radical (unpaired) electrons. The van der Waals surface area contributed by atoms with Gasteiger partial charge in [0.1, 0.15) is 11.5 Å². The minimum atomic E-state index is -0.423. The van der Waals surface area contributed by atoms with Gasteiger partial charge in [-0.2, -0.15) is 0 Å². The number of allylic oxidation sites excluding steroid dienone is 1. The molecule has 0 saturated heterocycles. The molecule has 0 amide bonds. The lowest BCUT2D eigenvalue weighted by Gasteiger charge is -1.98. The van der Waals surface area contributed by atoms with Crippen molar-refractivity contribution in [2.45, 2.75) is 19.3 Å². The van der Waals surface area contributed by atoms with E-state index in [1.54, 1.807) is 6.08 Å². The molecule has 1 aromatic rings. The number of aromatic nitrogens is 1. The molecule has 14 heavy (non-hydrogen) atoms. The molecule has 0 unspecified atom stereocenters. The van der Waals surface area contributed by atoms with Gasteiger partial charge in [-0.15, -0.1) is 6.58 Å². The first-order valence-electron chi connectivity index (χ1n) is 4.49. The first-order chi connectivity index (χ1) is 6.74. The zero-order chi connectivity index (χ0) is 10.4. The van der Waals surface area contributed by atoms with Crippen LogP contribution in [0.4, 0.5) is 4.39 Å². The van der Waals surface area contributed by atoms with Crippen molar-refractivity contribution < 1.29 is 9.18 Å². The highest BCUT2D eigenvalue weighted by molar-refractivity contribution is 5.94. The van der Waals surface area contributed by atoms with Crippen molar-refractivity contribution in [3.8, 4) is 0 Å². The zero-order valence-electron chi connectivity index (χ0n) is 7.87. The Kier molecular flexibility index (Phi) is 3.98. The van der Waals surface area contributed by atoms with E-state index in [1.165, 1.54) is 12.1 Å². The lowest BCUT2D eigenvalue weighted by molar-refractivity contribution is 0.0975. The quantitative estimate of drug-likeness (QED) is 0.409. The standard InChI is InChI=1S/C11H12FNO/c1-2-3-4-5-11(14)10-7-6-9(12)8-13-10/h2,6-8H,1,3-5H2. The molecule has 74 valence electrons. The normalized spacial score (nSPS) is 9.79. The van der Waals surface area contributed by atoms with E-state index in [0.717, 1.165) is 19.0 Å². The van der Waals surface area contributed by atoms with Crippen LogP contribution in [0.1, 0.15) is 29.8 Å². The molecule has 1 aromatic heterocycles. The molecule has 1 rings (SSSR count). The second-order valence-electron chi connectivity index (χ2n) is 2.97. The number of Topliss-reactive ketones (excluding diaryl/α,β-unsaturated/α-hetero) is 1. The van der Waals surface area contributed by atoms with Crippen molar-refractivity contribution in [1.29, 1.82) is 0 Å². The molecule has 2 nitrogen and oxygen atoms in total. The van der Waals surface area contributed by atoms with E-state index in [1.807, 2.05) is 0 Å². The molecule has 0 fully saturated rings. The molecule has 0 aliphatic rings. The molecular weight excluding hydrogens is 181 g/mol. The van der Waals surface area contributed by atoms with Crippen LogP contribution in [0.2, 0.25) is 0 Å². The van der Waals surface area contributed by atoms with Crippen molar-refractivity contribution in [3.05, 3.63) is 42.5 Å². The number of halogens is 1. The Bertz CT molecular complexity index is 319. The Morgan fingerprint density at radius 2 is 2.36 bits per heavy atom. The summed E-state index contributed by atoms with van der Waals surface area (Å²) in [7, 11) is 0. The Labute approximate surface area is 82.5 Å². The van der Waals surface area contributed by atoms with Gasteiger partial charge in [-0.05, 0) is 25.0 Å². The summed E-state index contributed by atoms with van der Waals surface area (Å²) < 4.78 is 12.5. The molecular formula is C11H12FNO. The van der Waals surface area contributed by atoms with Gasteiger partial charge in [-0.1, -0.05) is 6.08 Å². The summed E-state index contributed by atoms with van der Waals surface area (Å²) in [6.07, 6.45) is 4.84. The Morgan fingerprint density at radius 1 is 1.57 bits per heavy atom. The molecule has 0 aliphatic heterocycles. The van der Waals surface area contributed by atoms with Crippen LogP contribution in [0, 0.1) is 5.82 Å². The zero-order valence-corrected chi connectivity index (χ0v) is 7.87. The van der Waals surface area contributed by atoms with Gasteiger partial charge in [0.25, 0.3) is 0 Å². The molecule has 3 heteroatoms. The van der Waals surface area contributed by atoms with Crippen LogP contribution in [0.5, 0.6) is 0 Å². The number of unbranched alkanes of at least 4 members (excludes halogenated alkanes) is 1. The summed E-state index contributed by atoms with van der Waals surface area (Å²) in [5, 5.41) is 0. The van der Waals surface area contributed by atoms with Crippen molar-refractivity contribution in [1.82, 2.24) is 4.98 Å². The molecule has 0 N–H and O–H groups in total. The summed E-state index contributed by atoms with van der Waals surface area (Å²) >= 11 is 0. The first kappa shape index (κ1) is 10.6. The maximum Gasteiger partial charge on any atom is 0.181 e. The van der Waals surface area contributed by atoms with Crippen LogP contribution in [0.25, 0.3) is 0 Å². The summed E-state index contributed by atoms with van der Waals surface area (Å²) in [4.78, 5) is 15.1. The highest BCUT2D eigenvalue weighted by atomic mass is 19.1. The van der Waals surface area contributed by atoms with Crippen molar-refractivity contribution in [2.75, 3.05) is 0 Å². The summed E-state index contributed by atoms with van der Waals surface area (Å²) in [5.41, 5.74) is 0.329. The van der Waals surface area contributed by atoms with E-state index in [-0.39, 0.29) is 5.78 Å². The van der Waals surface area contributed by atoms with Gasteiger partial charge in [0.15, 0.2) is 5.78 Å². The van der Waals surface area contributed by atoms with Crippen LogP contribution in [-0.4, -0.2) is 10.8 Å². The molecule has 0 aliphatic carbocycles. The predicted octanol–water partition coefficient (Wildman–Crippen LogP) is 2.76. The van der Waals surface area contributed by atoms with Crippen LogP contribution in [-0.2, 0) is 0 Å². The molecule has 0 aromatic carbocycles. The minimum Gasteiger partial charge on any atom is -0.292 e.